The molecule has 0 unspecified atom stereocenters. The summed E-state index contributed by atoms with van der Waals surface area (Å²) in [6.45, 7) is 1.74. The van der Waals surface area contributed by atoms with Gasteiger partial charge in [-0.3, -0.25) is 0 Å². The first kappa shape index (κ1) is 9.72. The smallest absolute Gasteiger partial charge is 0.0995 e. The zero-order chi connectivity index (χ0) is 9.84. The molecule has 0 saturated carbocycles. The van der Waals surface area contributed by atoms with Crippen LogP contribution in [-0.4, -0.2) is 11.7 Å². The van der Waals surface area contributed by atoms with Gasteiger partial charge in [0.1, 0.15) is 0 Å². The van der Waals surface area contributed by atoms with Crippen molar-refractivity contribution in [2.24, 2.45) is 5.73 Å². The Bertz CT molecular complexity index is 341. The average molecular weight is 176 g/mol. The molecule has 0 aliphatic rings. The summed E-state index contributed by atoms with van der Waals surface area (Å²) in [5.74, 6) is 0. The van der Waals surface area contributed by atoms with E-state index < -0.39 is 6.04 Å². The SMILES string of the molecule is Cc1cccc(C#N)c1[C@H](N)CO. The van der Waals surface area contributed by atoms with Gasteiger partial charge in [-0.15, -0.1) is 0 Å². The maximum absolute atomic E-state index is 8.90. The van der Waals surface area contributed by atoms with Gasteiger partial charge in [-0.2, -0.15) is 5.26 Å². The summed E-state index contributed by atoms with van der Waals surface area (Å²) in [5.41, 5.74) is 7.90. The molecule has 68 valence electrons. The van der Waals surface area contributed by atoms with Crippen LogP contribution in [0, 0.1) is 18.3 Å². The van der Waals surface area contributed by atoms with Gasteiger partial charge < -0.3 is 10.8 Å². The topological polar surface area (TPSA) is 70.0 Å². The lowest BCUT2D eigenvalue weighted by molar-refractivity contribution is 0.267. The van der Waals surface area contributed by atoms with Crippen molar-refractivity contribution in [1.82, 2.24) is 0 Å². The highest BCUT2D eigenvalue weighted by Crippen LogP contribution is 2.19. The van der Waals surface area contributed by atoms with Gasteiger partial charge in [0.15, 0.2) is 0 Å². The minimum atomic E-state index is -0.462. The third-order valence-electron chi connectivity index (χ3n) is 2.01. The summed E-state index contributed by atoms with van der Waals surface area (Å²) in [6, 6.07) is 6.99. The molecule has 0 fully saturated rings. The zero-order valence-corrected chi connectivity index (χ0v) is 7.49. The highest BCUT2D eigenvalue weighted by molar-refractivity contribution is 5.44. The van der Waals surface area contributed by atoms with Crippen LogP contribution in [0.4, 0.5) is 0 Å². The Morgan fingerprint density at radius 2 is 2.31 bits per heavy atom. The Hall–Kier alpha value is -1.37. The van der Waals surface area contributed by atoms with Crippen LogP contribution in [0.5, 0.6) is 0 Å². The van der Waals surface area contributed by atoms with Gasteiger partial charge in [-0.05, 0) is 24.1 Å². The van der Waals surface area contributed by atoms with Gasteiger partial charge in [-0.25, -0.2) is 0 Å². The Morgan fingerprint density at radius 3 is 2.85 bits per heavy atom. The second-order valence-corrected chi connectivity index (χ2v) is 2.94. The summed E-state index contributed by atoms with van der Waals surface area (Å²) in [6.07, 6.45) is 0. The molecule has 0 saturated heterocycles. The largest absolute Gasteiger partial charge is 0.394 e. The summed E-state index contributed by atoms with van der Waals surface area (Å²) in [4.78, 5) is 0. The summed E-state index contributed by atoms with van der Waals surface area (Å²) in [7, 11) is 0. The van der Waals surface area contributed by atoms with E-state index in [-0.39, 0.29) is 6.61 Å². The first-order valence-corrected chi connectivity index (χ1v) is 4.06. The van der Waals surface area contributed by atoms with Crippen LogP contribution in [0.3, 0.4) is 0 Å². The predicted octanol–water partition coefficient (Wildman–Crippen LogP) is 0.859. The van der Waals surface area contributed by atoms with Gasteiger partial charge in [-0.1, -0.05) is 12.1 Å². The second-order valence-electron chi connectivity index (χ2n) is 2.94. The molecule has 3 heteroatoms. The van der Waals surface area contributed by atoms with Crippen LogP contribution in [0.1, 0.15) is 22.7 Å². The Labute approximate surface area is 77.4 Å². The van der Waals surface area contributed by atoms with E-state index in [9.17, 15) is 0 Å². The fourth-order valence-electron chi connectivity index (χ4n) is 1.36. The van der Waals surface area contributed by atoms with E-state index in [1.165, 1.54) is 0 Å². The van der Waals surface area contributed by atoms with Crippen molar-refractivity contribution in [1.29, 1.82) is 5.26 Å². The van der Waals surface area contributed by atoms with Crippen LogP contribution in [0.25, 0.3) is 0 Å². The number of benzene rings is 1. The summed E-state index contributed by atoms with van der Waals surface area (Å²) in [5, 5.41) is 17.7. The molecule has 3 nitrogen and oxygen atoms in total. The van der Waals surface area contributed by atoms with Crippen LogP contribution < -0.4 is 5.73 Å². The van der Waals surface area contributed by atoms with E-state index >= 15 is 0 Å². The van der Waals surface area contributed by atoms with Gasteiger partial charge in [0.05, 0.1) is 24.3 Å². The maximum atomic E-state index is 8.90. The van der Waals surface area contributed by atoms with E-state index in [0.717, 1.165) is 11.1 Å². The first-order chi connectivity index (χ1) is 6.20. The number of hydrogen-bond donors (Lipinski definition) is 2. The number of aryl methyl sites for hydroxylation is 1. The first-order valence-electron chi connectivity index (χ1n) is 4.06. The molecular formula is C10H12N2O. The van der Waals surface area contributed by atoms with Crippen molar-refractivity contribution in [3.05, 3.63) is 34.9 Å². The fourth-order valence-corrected chi connectivity index (χ4v) is 1.36. The van der Waals surface area contributed by atoms with Crippen molar-refractivity contribution < 1.29 is 5.11 Å². The van der Waals surface area contributed by atoms with Crippen molar-refractivity contribution in [2.45, 2.75) is 13.0 Å². The lowest BCUT2D eigenvalue weighted by Crippen LogP contribution is -2.17. The number of nitriles is 1. The van der Waals surface area contributed by atoms with Gasteiger partial charge in [0.2, 0.25) is 0 Å². The molecular weight excluding hydrogens is 164 g/mol. The average Bonchev–Trinajstić information content (AvgIpc) is 2.16. The van der Waals surface area contributed by atoms with Crippen molar-refractivity contribution in [3.8, 4) is 6.07 Å². The number of rotatable bonds is 2. The highest BCUT2D eigenvalue weighted by Gasteiger charge is 2.11. The predicted molar refractivity (Wildman–Crippen MR) is 49.9 cm³/mol. The van der Waals surface area contributed by atoms with E-state index in [2.05, 4.69) is 6.07 Å². The van der Waals surface area contributed by atoms with E-state index in [0.29, 0.717) is 5.56 Å². The summed E-state index contributed by atoms with van der Waals surface area (Å²) < 4.78 is 0. The van der Waals surface area contributed by atoms with Crippen molar-refractivity contribution in [2.75, 3.05) is 6.61 Å². The highest BCUT2D eigenvalue weighted by atomic mass is 16.3. The van der Waals surface area contributed by atoms with Gasteiger partial charge in [0.25, 0.3) is 0 Å². The minimum absolute atomic E-state index is 0.139. The van der Waals surface area contributed by atoms with Crippen molar-refractivity contribution in [3.63, 3.8) is 0 Å². The molecule has 1 rings (SSSR count). The molecule has 0 radical (unpaired) electrons. The normalized spacial score (nSPS) is 12.2. The van der Waals surface area contributed by atoms with Crippen LogP contribution in [0.15, 0.2) is 18.2 Å². The molecule has 0 spiro atoms. The molecule has 0 aliphatic carbocycles. The van der Waals surface area contributed by atoms with Crippen LogP contribution in [0.2, 0.25) is 0 Å². The van der Waals surface area contributed by atoms with E-state index in [1.54, 1.807) is 6.07 Å². The van der Waals surface area contributed by atoms with Crippen LogP contribution in [-0.2, 0) is 0 Å². The molecule has 13 heavy (non-hydrogen) atoms. The molecule has 0 heterocycles. The Kier molecular flexibility index (Phi) is 3.02. The lowest BCUT2D eigenvalue weighted by Gasteiger charge is -2.13. The van der Waals surface area contributed by atoms with E-state index in [4.69, 9.17) is 16.1 Å². The third kappa shape index (κ3) is 1.86. The van der Waals surface area contributed by atoms with Gasteiger partial charge >= 0.3 is 0 Å². The Morgan fingerprint density at radius 1 is 1.62 bits per heavy atom. The standard InChI is InChI=1S/C10H12N2O/c1-7-3-2-4-8(5-11)10(7)9(12)6-13/h2-4,9,13H,6,12H2,1H3/t9-/m1/s1. The number of aliphatic hydroxyl groups is 1. The van der Waals surface area contributed by atoms with Crippen molar-refractivity contribution >= 4 is 0 Å². The zero-order valence-electron chi connectivity index (χ0n) is 7.49. The molecule has 3 N–H and O–H groups in total. The monoisotopic (exact) mass is 176 g/mol. The number of nitrogens with two attached hydrogens (primary N) is 1. The number of aliphatic hydroxyl groups excluding tert-OH is 1. The molecule has 1 aromatic carbocycles. The van der Waals surface area contributed by atoms with Crippen LogP contribution >= 0.6 is 0 Å². The molecule has 0 bridgehead atoms. The van der Waals surface area contributed by atoms with E-state index in [1.807, 2.05) is 19.1 Å². The summed E-state index contributed by atoms with van der Waals surface area (Å²) >= 11 is 0. The number of nitrogens with zero attached hydrogens (tertiary/aromatic N) is 1. The molecule has 0 amide bonds. The minimum Gasteiger partial charge on any atom is -0.394 e. The van der Waals surface area contributed by atoms with Gasteiger partial charge in [0, 0.05) is 0 Å². The molecule has 0 aliphatic heterocycles. The Balaban J connectivity index is 3.24. The number of hydrogen-bond acceptors (Lipinski definition) is 3. The third-order valence-corrected chi connectivity index (χ3v) is 2.01. The fraction of sp³-hybridized carbons (Fsp3) is 0.300. The molecule has 1 aromatic rings. The quantitative estimate of drug-likeness (QED) is 0.702. The molecule has 1 atom stereocenters. The second kappa shape index (κ2) is 4.04. The lowest BCUT2D eigenvalue weighted by atomic mass is 9.97. The maximum Gasteiger partial charge on any atom is 0.0995 e. The molecule has 0 aromatic heterocycles.